The highest BCUT2D eigenvalue weighted by Crippen LogP contribution is 2.26. The van der Waals surface area contributed by atoms with Crippen LogP contribution in [-0.2, 0) is 14.8 Å². The van der Waals surface area contributed by atoms with Crippen molar-refractivity contribution in [1.29, 1.82) is 0 Å². The molecule has 0 aromatic heterocycles. The second-order valence-electron chi connectivity index (χ2n) is 5.11. The Kier molecular flexibility index (Phi) is 5.73. The van der Waals surface area contributed by atoms with Crippen molar-refractivity contribution in [2.24, 2.45) is 0 Å². The number of anilines is 1. The Bertz CT molecular complexity index is 931. The van der Waals surface area contributed by atoms with Crippen molar-refractivity contribution in [2.75, 3.05) is 11.9 Å². The molecule has 0 saturated carbocycles. The summed E-state index contributed by atoms with van der Waals surface area (Å²) in [5, 5.41) is 13.2. The third kappa shape index (κ3) is 4.99. The monoisotopic (exact) mass is 383 g/mol. The fourth-order valence-corrected chi connectivity index (χ4v) is 3.16. The molecule has 25 heavy (non-hydrogen) atoms. The van der Waals surface area contributed by atoms with Gasteiger partial charge in [-0.1, -0.05) is 23.7 Å². The molecule has 0 radical (unpaired) electrons. The number of nitrogens with zero attached hydrogens (tertiary/aromatic N) is 1. The van der Waals surface area contributed by atoms with Gasteiger partial charge in [0.15, 0.2) is 0 Å². The van der Waals surface area contributed by atoms with Gasteiger partial charge in [0.2, 0.25) is 15.9 Å². The van der Waals surface area contributed by atoms with Gasteiger partial charge in [0.25, 0.3) is 5.69 Å². The van der Waals surface area contributed by atoms with Crippen molar-refractivity contribution in [2.45, 2.75) is 11.8 Å². The number of hydrogen-bond donors (Lipinski definition) is 2. The van der Waals surface area contributed by atoms with Crippen molar-refractivity contribution in [3.63, 3.8) is 0 Å². The lowest BCUT2D eigenvalue weighted by atomic mass is 10.2. The number of amides is 1. The molecule has 0 aliphatic rings. The Morgan fingerprint density at radius 1 is 1.24 bits per heavy atom. The van der Waals surface area contributed by atoms with Crippen molar-refractivity contribution < 1.29 is 18.1 Å². The molecule has 0 saturated heterocycles. The zero-order valence-corrected chi connectivity index (χ0v) is 14.6. The standard InChI is InChI=1S/C15H14ClN3O5S/c1-10-3-2-4-11(7-10)18-15(20)9-17-25(23,24)12-5-6-13(16)14(8-12)19(21)22/h2-8,17H,9H2,1H3,(H,18,20). The molecule has 2 N–H and O–H groups in total. The van der Waals surface area contributed by atoms with Gasteiger partial charge in [-0.15, -0.1) is 0 Å². The van der Waals surface area contributed by atoms with E-state index in [-0.39, 0.29) is 9.92 Å². The van der Waals surface area contributed by atoms with Crippen LogP contribution in [0, 0.1) is 17.0 Å². The predicted molar refractivity (Wildman–Crippen MR) is 93.1 cm³/mol. The lowest BCUT2D eigenvalue weighted by Crippen LogP contribution is -2.32. The maximum Gasteiger partial charge on any atom is 0.289 e. The summed E-state index contributed by atoms with van der Waals surface area (Å²) in [6.45, 7) is 1.33. The summed E-state index contributed by atoms with van der Waals surface area (Å²) < 4.78 is 26.4. The number of hydrogen-bond acceptors (Lipinski definition) is 5. The molecule has 0 aliphatic carbocycles. The van der Waals surface area contributed by atoms with Gasteiger partial charge in [0.05, 0.1) is 16.4 Å². The van der Waals surface area contributed by atoms with E-state index in [1.54, 1.807) is 18.2 Å². The summed E-state index contributed by atoms with van der Waals surface area (Å²) in [7, 11) is -4.10. The van der Waals surface area contributed by atoms with Crippen LogP contribution in [0.1, 0.15) is 5.56 Å². The summed E-state index contributed by atoms with van der Waals surface area (Å²) in [6.07, 6.45) is 0. The maximum atomic E-state index is 12.2. The minimum atomic E-state index is -4.10. The number of carbonyl (C=O) groups excluding carboxylic acids is 1. The van der Waals surface area contributed by atoms with Crippen LogP contribution < -0.4 is 10.0 Å². The molecule has 1 amide bonds. The van der Waals surface area contributed by atoms with E-state index in [1.165, 1.54) is 0 Å². The Balaban J connectivity index is 2.07. The maximum absolute atomic E-state index is 12.2. The average Bonchev–Trinajstić information content (AvgIpc) is 2.53. The first-order valence-electron chi connectivity index (χ1n) is 6.99. The minimum absolute atomic E-state index is 0.179. The highest BCUT2D eigenvalue weighted by atomic mass is 35.5. The van der Waals surface area contributed by atoms with Gasteiger partial charge in [-0.05, 0) is 36.8 Å². The molecule has 8 nitrogen and oxygen atoms in total. The minimum Gasteiger partial charge on any atom is -0.325 e. The van der Waals surface area contributed by atoms with Crippen LogP contribution in [0.15, 0.2) is 47.4 Å². The van der Waals surface area contributed by atoms with Gasteiger partial charge in [0.1, 0.15) is 5.02 Å². The number of nitro groups is 1. The van der Waals surface area contributed by atoms with E-state index in [0.29, 0.717) is 5.69 Å². The van der Waals surface area contributed by atoms with Gasteiger partial charge < -0.3 is 5.32 Å². The van der Waals surface area contributed by atoms with Crippen molar-refractivity contribution in [1.82, 2.24) is 4.72 Å². The lowest BCUT2D eigenvalue weighted by Gasteiger charge is -2.08. The summed E-state index contributed by atoms with van der Waals surface area (Å²) in [5.74, 6) is -0.572. The zero-order valence-electron chi connectivity index (χ0n) is 13.0. The number of nitro benzene ring substituents is 1. The highest BCUT2D eigenvalue weighted by Gasteiger charge is 2.21. The first kappa shape index (κ1) is 18.8. The molecular weight excluding hydrogens is 370 g/mol. The zero-order chi connectivity index (χ0) is 18.6. The fraction of sp³-hybridized carbons (Fsp3) is 0.133. The molecule has 2 aromatic carbocycles. The van der Waals surface area contributed by atoms with E-state index >= 15 is 0 Å². The molecular formula is C15H14ClN3O5S. The number of benzene rings is 2. The van der Waals surface area contributed by atoms with Crippen LogP contribution in [0.4, 0.5) is 11.4 Å². The Hall–Kier alpha value is -2.49. The summed E-state index contributed by atoms with van der Waals surface area (Å²) >= 11 is 5.65. The second-order valence-corrected chi connectivity index (χ2v) is 7.29. The van der Waals surface area contributed by atoms with E-state index < -0.39 is 33.1 Å². The first-order chi connectivity index (χ1) is 11.7. The molecule has 0 aliphatic heterocycles. The molecule has 132 valence electrons. The molecule has 2 rings (SSSR count). The van der Waals surface area contributed by atoms with E-state index in [0.717, 1.165) is 23.8 Å². The van der Waals surface area contributed by atoms with Crippen LogP contribution in [0.5, 0.6) is 0 Å². The lowest BCUT2D eigenvalue weighted by molar-refractivity contribution is -0.384. The number of rotatable bonds is 6. The van der Waals surface area contributed by atoms with Crippen LogP contribution in [-0.4, -0.2) is 25.8 Å². The quantitative estimate of drug-likeness (QED) is 0.586. The van der Waals surface area contributed by atoms with Crippen molar-refractivity contribution >= 4 is 38.9 Å². The number of aryl methyl sites for hydroxylation is 1. The van der Waals surface area contributed by atoms with Crippen LogP contribution in [0.2, 0.25) is 5.02 Å². The highest BCUT2D eigenvalue weighted by molar-refractivity contribution is 7.89. The largest absolute Gasteiger partial charge is 0.325 e. The molecule has 0 atom stereocenters. The third-order valence-electron chi connectivity index (χ3n) is 3.15. The predicted octanol–water partition coefficient (Wildman–Crippen LogP) is 2.47. The fourth-order valence-electron chi connectivity index (χ4n) is 1.97. The van der Waals surface area contributed by atoms with Crippen molar-refractivity contribution in [3.8, 4) is 0 Å². The molecule has 0 spiro atoms. The Morgan fingerprint density at radius 2 is 1.96 bits per heavy atom. The smallest absolute Gasteiger partial charge is 0.289 e. The van der Waals surface area contributed by atoms with Gasteiger partial charge >= 0.3 is 0 Å². The van der Waals surface area contributed by atoms with Gasteiger partial charge in [-0.25, -0.2) is 13.1 Å². The van der Waals surface area contributed by atoms with Crippen LogP contribution in [0.25, 0.3) is 0 Å². The normalized spacial score (nSPS) is 11.1. The summed E-state index contributed by atoms with van der Waals surface area (Å²) in [5.41, 5.74) is 0.937. The summed E-state index contributed by atoms with van der Waals surface area (Å²) in [6, 6.07) is 10.1. The van der Waals surface area contributed by atoms with Crippen LogP contribution >= 0.6 is 11.6 Å². The molecule has 10 heteroatoms. The van der Waals surface area contributed by atoms with E-state index in [2.05, 4.69) is 10.0 Å². The van der Waals surface area contributed by atoms with E-state index in [9.17, 15) is 23.3 Å². The van der Waals surface area contributed by atoms with E-state index in [1.807, 2.05) is 13.0 Å². The number of halogens is 1. The SMILES string of the molecule is Cc1cccc(NC(=O)CNS(=O)(=O)c2ccc(Cl)c([N+](=O)[O-])c2)c1. The number of carbonyl (C=O) groups is 1. The van der Waals surface area contributed by atoms with Gasteiger partial charge in [-0.3, -0.25) is 14.9 Å². The molecule has 0 unspecified atom stereocenters. The second kappa shape index (κ2) is 7.60. The number of nitrogens with one attached hydrogen (secondary N) is 2. The Morgan fingerprint density at radius 3 is 2.60 bits per heavy atom. The summed E-state index contributed by atoms with van der Waals surface area (Å²) in [4.78, 5) is 21.6. The molecule has 0 heterocycles. The van der Waals surface area contributed by atoms with E-state index in [4.69, 9.17) is 11.6 Å². The number of sulfonamides is 1. The van der Waals surface area contributed by atoms with Crippen LogP contribution in [0.3, 0.4) is 0 Å². The first-order valence-corrected chi connectivity index (χ1v) is 8.85. The van der Waals surface area contributed by atoms with Gasteiger partial charge in [-0.2, -0.15) is 0 Å². The Labute approximate surface area is 149 Å². The molecule has 0 fully saturated rings. The molecule has 0 bridgehead atoms. The topological polar surface area (TPSA) is 118 Å². The van der Waals surface area contributed by atoms with Crippen molar-refractivity contribution in [3.05, 3.63) is 63.2 Å². The third-order valence-corrected chi connectivity index (χ3v) is 4.87. The molecule has 2 aromatic rings. The van der Waals surface area contributed by atoms with Gasteiger partial charge in [0, 0.05) is 11.8 Å². The average molecular weight is 384 g/mol.